The molecule has 1 nitrogen and oxygen atoms in total. The predicted octanol–water partition coefficient (Wildman–Crippen LogP) is 4.91. The van der Waals surface area contributed by atoms with Crippen LogP contribution in [0.15, 0.2) is 27.7 Å². The lowest BCUT2D eigenvalue weighted by molar-refractivity contribution is 0.713. The van der Waals surface area contributed by atoms with Crippen LogP contribution >= 0.6 is 11.8 Å². The maximum atomic E-state index is 4.55. The van der Waals surface area contributed by atoms with Gasteiger partial charge in [0.25, 0.3) is 0 Å². The van der Waals surface area contributed by atoms with E-state index in [0.717, 1.165) is 10.7 Å². The molecular formula is C14H25NS. The maximum absolute atomic E-state index is 4.55. The third-order valence-electron chi connectivity index (χ3n) is 2.79. The number of hydrogen-bond donors (Lipinski definition) is 0. The average Bonchev–Trinajstić information content (AvgIpc) is 2.16. The van der Waals surface area contributed by atoms with Crippen LogP contribution in [0.25, 0.3) is 0 Å². The van der Waals surface area contributed by atoms with E-state index in [2.05, 4.69) is 53.1 Å². The van der Waals surface area contributed by atoms with Crippen molar-refractivity contribution in [2.24, 2.45) is 16.8 Å². The van der Waals surface area contributed by atoms with Gasteiger partial charge in [-0.1, -0.05) is 39.8 Å². The molecule has 0 aromatic rings. The second-order valence-electron chi connectivity index (χ2n) is 4.70. The van der Waals surface area contributed by atoms with Crippen LogP contribution in [0.3, 0.4) is 0 Å². The molecule has 0 saturated heterocycles. The number of thioether (sulfide) groups is 1. The molecule has 16 heavy (non-hydrogen) atoms. The fraction of sp³-hybridized carbons (Fsp3) is 0.643. The lowest BCUT2D eigenvalue weighted by Gasteiger charge is -2.18. The van der Waals surface area contributed by atoms with E-state index in [9.17, 15) is 0 Å². The van der Waals surface area contributed by atoms with E-state index in [0.29, 0.717) is 11.8 Å². The normalized spacial score (nSPS) is 14.4. The molecule has 0 aliphatic carbocycles. The third kappa shape index (κ3) is 4.56. The van der Waals surface area contributed by atoms with E-state index in [4.69, 9.17) is 0 Å². The fourth-order valence-corrected chi connectivity index (χ4v) is 1.99. The lowest BCUT2D eigenvalue weighted by atomic mass is 9.89. The highest BCUT2D eigenvalue weighted by Gasteiger charge is 2.13. The zero-order chi connectivity index (χ0) is 12.9. The van der Waals surface area contributed by atoms with Gasteiger partial charge in [0.15, 0.2) is 0 Å². The summed E-state index contributed by atoms with van der Waals surface area (Å²) >= 11 is 1.60. The van der Waals surface area contributed by atoms with Crippen LogP contribution in [0.5, 0.6) is 0 Å². The van der Waals surface area contributed by atoms with Gasteiger partial charge in [-0.2, -0.15) is 0 Å². The highest BCUT2D eigenvalue weighted by atomic mass is 32.2. The van der Waals surface area contributed by atoms with Crippen molar-refractivity contribution < 1.29 is 0 Å². The molecule has 0 saturated carbocycles. The van der Waals surface area contributed by atoms with Gasteiger partial charge in [-0.15, -0.1) is 11.8 Å². The molecule has 0 aliphatic heterocycles. The van der Waals surface area contributed by atoms with Crippen molar-refractivity contribution in [3.8, 4) is 0 Å². The third-order valence-corrected chi connectivity index (χ3v) is 3.35. The SMILES string of the molecule is C=C(/N=C(C)\C(=C(/C)C(C)C)C(C)C)SC. The van der Waals surface area contributed by atoms with E-state index < -0.39 is 0 Å². The summed E-state index contributed by atoms with van der Waals surface area (Å²) in [6, 6.07) is 0. The van der Waals surface area contributed by atoms with Gasteiger partial charge in [-0.3, -0.25) is 0 Å². The van der Waals surface area contributed by atoms with Crippen molar-refractivity contribution in [1.82, 2.24) is 0 Å². The molecule has 92 valence electrons. The maximum Gasteiger partial charge on any atom is 0.0888 e. The summed E-state index contributed by atoms with van der Waals surface area (Å²) in [7, 11) is 0. The van der Waals surface area contributed by atoms with Crippen molar-refractivity contribution in [1.29, 1.82) is 0 Å². The number of hydrogen-bond acceptors (Lipinski definition) is 2. The molecular weight excluding hydrogens is 214 g/mol. The molecule has 0 heterocycles. The Labute approximate surface area is 105 Å². The zero-order valence-corrected chi connectivity index (χ0v) is 12.5. The molecule has 0 N–H and O–H groups in total. The van der Waals surface area contributed by atoms with Crippen molar-refractivity contribution in [2.45, 2.75) is 41.5 Å². The zero-order valence-electron chi connectivity index (χ0n) is 11.7. The first-order valence-corrected chi connectivity index (χ1v) is 7.02. The van der Waals surface area contributed by atoms with Crippen LogP contribution in [-0.4, -0.2) is 12.0 Å². The van der Waals surface area contributed by atoms with Crippen LogP contribution < -0.4 is 0 Å². The molecule has 0 atom stereocenters. The van der Waals surface area contributed by atoms with E-state index in [1.165, 1.54) is 11.1 Å². The summed E-state index contributed by atoms with van der Waals surface area (Å²) in [5.41, 5.74) is 3.93. The molecule has 0 aliphatic rings. The largest absolute Gasteiger partial charge is 0.247 e. The summed E-state index contributed by atoms with van der Waals surface area (Å²) < 4.78 is 0. The molecule has 0 aromatic carbocycles. The van der Waals surface area contributed by atoms with Crippen molar-refractivity contribution in [3.63, 3.8) is 0 Å². The fourth-order valence-electron chi connectivity index (χ4n) is 1.76. The summed E-state index contributed by atoms with van der Waals surface area (Å²) in [4.78, 5) is 4.55. The van der Waals surface area contributed by atoms with E-state index >= 15 is 0 Å². The Morgan fingerprint density at radius 2 is 1.56 bits per heavy atom. The minimum Gasteiger partial charge on any atom is -0.247 e. The quantitative estimate of drug-likeness (QED) is 0.621. The predicted molar refractivity (Wildman–Crippen MR) is 78.1 cm³/mol. The molecule has 0 aromatic heterocycles. The minimum atomic E-state index is 0.515. The Hall–Kier alpha value is -0.500. The van der Waals surface area contributed by atoms with Gasteiger partial charge < -0.3 is 0 Å². The molecule has 0 amide bonds. The molecule has 0 unspecified atom stereocenters. The summed E-state index contributed by atoms with van der Waals surface area (Å²) in [6.45, 7) is 17.1. The number of rotatable bonds is 5. The second kappa shape index (κ2) is 6.95. The highest BCUT2D eigenvalue weighted by molar-refractivity contribution is 8.02. The number of aliphatic imine (C=N–C) groups is 1. The molecule has 0 radical (unpaired) electrons. The van der Waals surface area contributed by atoms with Crippen molar-refractivity contribution in [3.05, 3.63) is 22.8 Å². The Bertz CT molecular complexity index is 309. The van der Waals surface area contributed by atoms with Crippen LogP contribution in [0.1, 0.15) is 41.5 Å². The Morgan fingerprint density at radius 3 is 1.88 bits per heavy atom. The van der Waals surface area contributed by atoms with E-state index in [1.54, 1.807) is 11.8 Å². The topological polar surface area (TPSA) is 12.4 Å². The van der Waals surface area contributed by atoms with Gasteiger partial charge in [0.05, 0.1) is 5.03 Å². The van der Waals surface area contributed by atoms with E-state index in [1.807, 2.05) is 6.26 Å². The average molecular weight is 239 g/mol. The van der Waals surface area contributed by atoms with Crippen molar-refractivity contribution in [2.75, 3.05) is 6.26 Å². The van der Waals surface area contributed by atoms with Crippen LogP contribution in [0, 0.1) is 11.8 Å². The summed E-state index contributed by atoms with van der Waals surface area (Å²) in [6.07, 6.45) is 2.01. The van der Waals surface area contributed by atoms with Crippen LogP contribution in [0.4, 0.5) is 0 Å². The first kappa shape index (κ1) is 15.5. The van der Waals surface area contributed by atoms with Crippen molar-refractivity contribution >= 4 is 17.5 Å². The lowest BCUT2D eigenvalue weighted by Crippen LogP contribution is -2.10. The number of allylic oxidation sites excluding steroid dienone is 2. The smallest absolute Gasteiger partial charge is 0.0888 e. The second-order valence-corrected chi connectivity index (χ2v) is 5.58. The standard InChI is InChI=1S/C14H25NS/c1-9(2)11(5)14(10(3)4)12(6)15-13(7)16-8/h9-10H,7H2,1-6,8H3/b14-11+,15-12-. The first-order chi connectivity index (χ1) is 7.31. The highest BCUT2D eigenvalue weighted by Crippen LogP contribution is 2.24. The van der Waals surface area contributed by atoms with Gasteiger partial charge in [-0.25, -0.2) is 4.99 Å². The van der Waals surface area contributed by atoms with E-state index in [-0.39, 0.29) is 0 Å². The Morgan fingerprint density at radius 1 is 1.06 bits per heavy atom. The summed E-state index contributed by atoms with van der Waals surface area (Å²) in [5, 5.41) is 0.882. The van der Waals surface area contributed by atoms with Crippen LogP contribution in [0.2, 0.25) is 0 Å². The van der Waals surface area contributed by atoms with Gasteiger partial charge in [0.2, 0.25) is 0 Å². The van der Waals surface area contributed by atoms with Gasteiger partial charge in [0.1, 0.15) is 0 Å². The monoisotopic (exact) mass is 239 g/mol. The molecule has 0 rings (SSSR count). The van der Waals surface area contributed by atoms with Gasteiger partial charge >= 0.3 is 0 Å². The molecule has 0 spiro atoms. The van der Waals surface area contributed by atoms with Crippen LogP contribution in [-0.2, 0) is 0 Å². The molecule has 0 bridgehead atoms. The molecule has 0 fully saturated rings. The minimum absolute atomic E-state index is 0.515. The first-order valence-electron chi connectivity index (χ1n) is 5.80. The summed E-state index contributed by atoms with van der Waals surface area (Å²) in [5.74, 6) is 1.09. The van der Waals surface area contributed by atoms with Gasteiger partial charge in [0, 0.05) is 5.71 Å². The Balaban J connectivity index is 5.32. The number of nitrogens with zero attached hydrogens (tertiary/aromatic N) is 1. The molecule has 2 heteroatoms. The van der Waals surface area contributed by atoms with Gasteiger partial charge in [-0.05, 0) is 37.5 Å². The Kier molecular flexibility index (Phi) is 6.73.